The number of nitrogens with one attached hydrogen (secondary N) is 2. The van der Waals surface area contributed by atoms with Crippen LogP contribution in [0.25, 0.3) is 0 Å². The van der Waals surface area contributed by atoms with E-state index in [-0.39, 0.29) is 24.0 Å². The largest absolute Gasteiger partial charge is 0.395 e. The molecule has 0 unspecified atom stereocenters. The highest BCUT2D eigenvalue weighted by Gasteiger charge is 2.15. The molecule has 7 heteroatoms. The first-order valence-corrected chi connectivity index (χ1v) is 8.91. The van der Waals surface area contributed by atoms with Crippen LogP contribution >= 0.6 is 0 Å². The Morgan fingerprint density at radius 3 is 2.29 bits per heavy atom. The molecule has 2 rings (SSSR count). The molecule has 0 radical (unpaired) electrons. The fraction of sp³-hybridized carbons (Fsp3) is 0.235. The first kappa shape index (κ1) is 18.0. The molecule has 0 spiro atoms. The van der Waals surface area contributed by atoms with Crippen LogP contribution in [0.3, 0.4) is 0 Å². The van der Waals surface area contributed by atoms with Crippen LogP contribution in [0.5, 0.6) is 0 Å². The highest BCUT2D eigenvalue weighted by atomic mass is 32.2. The van der Waals surface area contributed by atoms with Gasteiger partial charge in [0.15, 0.2) is 0 Å². The fourth-order valence-corrected chi connectivity index (χ4v) is 3.13. The molecule has 0 heterocycles. The van der Waals surface area contributed by atoms with Gasteiger partial charge in [0.05, 0.1) is 11.5 Å². The van der Waals surface area contributed by atoms with Crippen LogP contribution in [0.2, 0.25) is 0 Å². The summed E-state index contributed by atoms with van der Waals surface area (Å²) in [4.78, 5) is 11.8. The van der Waals surface area contributed by atoms with Crippen LogP contribution in [0.4, 0.5) is 5.69 Å². The summed E-state index contributed by atoms with van der Waals surface area (Å²) in [6.07, 6.45) is 0. The summed E-state index contributed by atoms with van der Waals surface area (Å²) < 4.78 is 27.3. The summed E-state index contributed by atoms with van der Waals surface area (Å²) in [6.45, 7) is 3.85. The molecule has 0 aliphatic carbocycles. The van der Waals surface area contributed by atoms with Gasteiger partial charge in [0.25, 0.3) is 15.9 Å². The number of hydrogen-bond donors (Lipinski definition) is 3. The maximum Gasteiger partial charge on any atom is 0.261 e. The third-order valence-corrected chi connectivity index (χ3v) is 4.98. The summed E-state index contributed by atoms with van der Waals surface area (Å²) in [5, 5.41) is 11.2. The minimum atomic E-state index is -3.72. The number of aliphatic hydroxyl groups is 1. The van der Waals surface area contributed by atoms with E-state index in [0.29, 0.717) is 11.3 Å². The van der Waals surface area contributed by atoms with Gasteiger partial charge in [-0.15, -0.1) is 0 Å². The van der Waals surface area contributed by atoms with Crippen LogP contribution in [0.15, 0.2) is 47.4 Å². The van der Waals surface area contributed by atoms with Gasteiger partial charge < -0.3 is 10.4 Å². The van der Waals surface area contributed by atoms with E-state index in [1.165, 1.54) is 24.3 Å². The van der Waals surface area contributed by atoms with Gasteiger partial charge in [-0.25, -0.2) is 8.42 Å². The number of carbonyl (C=O) groups excluding carboxylic acids is 1. The van der Waals surface area contributed by atoms with Gasteiger partial charge in [0, 0.05) is 17.8 Å². The zero-order chi connectivity index (χ0) is 17.7. The van der Waals surface area contributed by atoms with Crippen molar-refractivity contribution in [2.75, 3.05) is 17.9 Å². The Morgan fingerprint density at radius 1 is 1.04 bits per heavy atom. The van der Waals surface area contributed by atoms with Crippen molar-refractivity contribution < 1.29 is 18.3 Å². The molecule has 0 fully saturated rings. The molecule has 3 N–H and O–H groups in total. The van der Waals surface area contributed by atoms with Crippen LogP contribution in [-0.4, -0.2) is 32.6 Å². The first-order valence-electron chi connectivity index (χ1n) is 7.42. The average molecular weight is 348 g/mol. The van der Waals surface area contributed by atoms with Crippen molar-refractivity contribution in [2.45, 2.75) is 18.7 Å². The molecule has 0 bridgehead atoms. The topological polar surface area (TPSA) is 95.5 Å². The predicted molar refractivity (Wildman–Crippen MR) is 92.6 cm³/mol. The quantitative estimate of drug-likeness (QED) is 0.742. The molecule has 6 nitrogen and oxygen atoms in total. The number of carbonyl (C=O) groups is 1. The lowest BCUT2D eigenvalue weighted by Gasteiger charge is -2.10. The number of benzene rings is 2. The van der Waals surface area contributed by atoms with Crippen molar-refractivity contribution >= 4 is 21.6 Å². The number of amides is 1. The predicted octanol–water partition coefficient (Wildman–Crippen LogP) is 1.83. The second-order valence-corrected chi connectivity index (χ2v) is 7.09. The molecule has 0 saturated carbocycles. The summed E-state index contributed by atoms with van der Waals surface area (Å²) in [6, 6.07) is 10.9. The Kier molecular flexibility index (Phi) is 5.58. The molecule has 0 aromatic heterocycles. The molecule has 0 aliphatic rings. The van der Waals surface area contributed by atoms with E-state index in [2.05, 4.69) is 10.0 Å². The molecule has 128 valence electrons. The molecule has 2 aromatic rings. The summed E-state index contributed by atoms with van der Waals surface area (Å²) in [5.41, 5.74) is 2.89. The van der Waals surface area contributed by atoms with E-state index in [1.807, 2.05) is 19.9 Å². The van der Waals surface area contributed by atoms with Gasteiger partial charge in [-0.1, -0.05) is 6.07 Å². The number of anilines is 1. The molecule has 2 aromatic carbocycles. The second-order valence-electron chi connectivity index (χ2n) is 5.41. The molecule has 24 heavy (non-hydrogen) atoms. The summed E-state index contributed by atoms with van der Waals surface area (Å²) >= 11 is 0. The van der Waals surface area contributed by atoms with Gasteiger partial charge in [0.1, 0.15) is 0 Å². The number of aliphatic hydroxyl groups excluding tert-OH is 1. The standard InChI is InChI=1S/C17H20N2O4S/c1-12-3-6-15(11-13(12)2)19-24(22,23)16-7-4-14(5-8-16)17(21)18-9-10-20/h3-8,11,19-20H,9-10H2,1-2H3,(H,18,21). The molecule has 1 amide bonds. The number of sulfonamides is 1. The molecular formula is C17H20N2O4S. The third-order valence-electron chi connectivity index (χ3n) is 3.58. The Bertz CT molecular complexity index is 830. The Balaban J connectivity index is 2.17. The normalized spacial score (nSPS) is 11.1. The van der Waals surface area contributed by atoms with Crippen molar-refractivity contribution in [3.8, 4) is 0 Å². The maximum absolute atomic E-state index is 12.4. The van der Waals surface area contributed by atoms with E-state index < -0.39 is 10.0 Å². The van der Waals surface area contributed by atoms with Crippen molar-refractivity contribution in [1.29, 1.82) is 0 Å². The minimum absolute atomic E-state index is 0.0689. The molecular weight excluding hydrogens is 328 g/mol. The SMILES string of the molecule is Cc1ccc(NS(=O)(=O)c2ccc(C(=O)NCCO)cc2)cc1C. The lowest BCUT2D eigenvalue weighted by Crippen LogP contribution is -2.26. The maximum atomic E-state index is 12.4. The Morgan fingerprint density at radius 2 is 1.71 bits per heavy atom. The first-order chi connectivity index (χ1) is 11.3. The number of aryl methyl sites for hydroxylation is 2. The summed E-state index contributed by atoms with van der Waals surface area (Å²) in [5.74, 6) is -0.366. The van der Waals surface area contributed by atoms with E-state index in [0.717, 1.165) is 11.1 Å². The lowest BCUT2D eigenvalue weighted by atomic mass is 10.1. The van der Waals surface area contributed by atoms with Gasteiger partial charge in [-0.2, -0.15) is 0 Å². The monoisotopic (exact) mass is 348 g/mol. The minimum Gasteiger partial charge on any atom is -0.395 e. The van der Waals surface area contributed by atoms with E-state index in [9.17, 15) is 13.2 Å². The van der Waals surface area contributed by atoms with Gasteiger partial charge in [-0.3, -0.25) is 9.52 Å². The van der Waals surface area contributed by atoms with Crippen molar-refractivity contribution in [3.05, 3.63) is 59.2 Å². The Hall–Kier alpha value is -2.38. The van der Waals surface area contributed by atoms with Crippen molar-refractivity contribution in [3.63, 3.8) is 0 Å². The van der Waals surface area contributed by atoms with Crippen molar-refractivity contribution in [1.82, 2.24) is 5.32 Å². The second kappa shape index (κ2) is 7.46. The van der Waals surface area contributed by atoms with Gasteiger partial charge in [0.2, 0.25) is 0 Å². The smallest absolute Gasteiger partial charge is 0.261 e. The van der Waals surface area contributed by atoms with Crippen molar-refractivity contribution in [2.24, 2.45) is 0 Å². The molecule has 0 saturated heterocycles. The third kappa shape index (κ3) is 4.33. The van der Waals surface area contributed by atoms with Crippen LogP contribution in [0, 0.1) is 13.8 Å². The molecule has 0 atom stereocenters. The Labute approximate surface area is 141 Å². The highest BCUT2D eigenvalue weighted by Crippen LogP contribution is 2.19. The van der Waals surface area contributed by atoms with Gasteiger partial charge in [-0.05, 0) is 61.4 Å². The number of hydrogen-bond acceptors (Lipinski definition) is 4. The number of rotatable bonds is 6. The highest BCUT2D eigenvalue weighted by molar-refractivity contribution is 7.92. The van der Waals surface area contributed by atoms with Crippen LogP contribution in [-0.2, 0) is 10.0 Å². The lowest BCUT2D eigenvalue weighted by molar-refractivity contribution is 0.0944. The zero-order valence-electron chi connectivity index (χ0n) is 13.5. The van der Waals surface area contributed by atoms with Gasteiger partial charge >= 0.3 is 0 Å². The van der Waals surface area contributed by atoms with Crippen LogP contribution < -0.4 is 10.0 Å². The van der Waals surface area contributed by atoms with E-state index in [4.69, 9.17) is 5.11 Å². The fourth-order valence-electron chi connectivity index (χ4n) is 2.08. The van der Waals surface area contributed by atoms with E-state index >= 15 is 0 Å². The molecule has 0 aliphatic heterocycles. The zero-order valence-corrected chi connectivity index (χ0v) is 14.4. The summed E-state index contributed by atoms with van der Waals surface area (Å²) in [7, 11) is -3.72. The average Bonchev–Trinajstić information content (AvgIpc) is 2.56. The van der Waals surface area contributed by atoms with E-state index in [1.54, 1.807) is 12.1 Å². The van der Waals surface area contributed by atoms with Crippen LogP contribution in [0.1, 0.15) is 21.5 Å².